The summed E-state index contributed by atoms with van der Waals surface area (Å²) in [6, 6.07) is 0.541. The van der Waals surface area contributed by atoms with Gasteiger partial charge < -0.3 is 9.73 Å². The molecule has 0 atom stereocenters. The highest BCUT2D eigenvalue weighted by atomic mass is 32.1. The highest BCUT2D eigenvalue weighted by Crippen LogP contribution is 2.33. The van der Waals surface area contributed by atoms with Crippen LogP contribution in [0.4, 0.5) is 0 Å². The molecule has 20 heavy (non-hydrogen) atoms. The van der Waals surface area contributed by atoms with Gasteiger partial charge >= 0.3 is 0 Å². The Kier molecular flexibility index (Phi) is 4.94. The van der Waals surface area contributed by atoms with Crippen molar-refractivity contribution in [1.29, 1.82) is 0 Å². The normalized spacial score (nSPS) is 11.5. The minimum absolute atomic E-state index is 0.541. The molecule has 0 radical (unpaired) electrons. The first-order valence-corrected chi connectivity index (χ1v) is 7.93. The molecule has 2 rings (SSSR count). The number of furan rings is 1. The van der Waals surface area contributed by atoms with Crippen molar-refractivity contribution in [3.63, 3.8) is 0 Å². The van der Waals surface area contributed by atoms with Crippen LogP contribution in [0.2, 0.25) is 0 Å². The van der Waals surface area contributed by atoms with Gasteiger partial charge in [-0.1, -0.05) is 25.2 Å². The molecule has 110 valence electrons. The van der Waals surface area contributed by atoms with E-state index in [1.165, 1.54) is 5.56 Å². The minimum Gasteiger partial charge on any atom is -0.466 e. The highest BCUT2D eigenvalue weighted by Gasteiger charge is 2.17. The Hall–Kier alpha value is -1.20. The van der Waals surface area contributed by atoms with Crippen LogP contribution in [0, 0.1) is 20.8 Å². The van der Waals surface area contributed by atoms with Crippen molar-refractivity contribution >= 4 is 11.3 Å². The molecule has 2 heterocycles. The molecule has 0 fully saturated rings. The molecule has 0 aromatic carbocycles. The largest absolute Gasteiger partial charge is 0.466 e. The van der Waals surface area contributed by atoms with Gasteiger partial charge in [0.1, 0.15) is 16.5 Å². The van der Waals surface area contributed by atoms with Crippen molar-refractivity contribution in [3.05, 3.63) is 22.1 Å². The van der Waals surface area contributed by atoms with Crippen molar-refractivity contribution in [2.24, 2.45) is 0 Å². The lowest BCUT2D eigenvalue weighted by Crippen LogP contribution is -2.23. The first-order valence-electron chi connectivity index (χ1n) is 7.11. The van der Waals surface area contributed by atoms with E-state index in [9.17, 15) is 0 Å². The fourth-order valence-electron chi connectivity index (χ4n) is 2.19. The lowest BCUT2D eigenvalue weighted by Gasteiger charge is -2.05. The molecule has 0 saturated heterocycles. The van der Waals surface area contributed by atoms with E-state index in [0.29, 0.717) is 6.04 Å². The molecule has 0 spiro atoms. The first-order chi connectivity index (χ1) is 9.49. The van der Waals surface area contributed by atoms with Gasteiger partial charge in [0, 0.05) is 18.0 Å². The summed E-state index contributed by atoms with van der Waals surface area (Å²) < 4.78 is 5.66. The summed E-state index contributed by atoms with van der Waals surface area (Å²) in [4.78, 5) is 0. The van der Waals surface area contributed by atoms with Crippen molar-refractivity contribution in [2.45, 2.75) is 53.5 Å². The highest BCUT2D eigenvalue weighted by molar-refractivity contribution is 7.14. The first kappa shape index (κ1) is 15.2. The number of hydrogen-bond donors (Lipinski definition) is 1. The van der Waals surface area contributed by atoms with Crippen LogP contribution < -0.4 is 5.32 Å². The van der Waals surface area contributed by atoms with Crippen molar-refractivity contribution in [3.8, 4) is 10.6 Å². The molecule has 2 aromatic heterocycles. The van der Waals surface area contributed by atoms with Crippen LogP contribution in [0.5, 0.6) is 0 Å². The van der Waals surface area contributed by atoms with Crippen LogP contribution >= 0.6 is 11.3 Å². The summed E-state index contributed by atoms with van der Waals surface area (Å²) in [6.45, 7) is 11.4. The quantitative estimate of drug-likeness (QED) is 0.826. The van der Waals surface area contributed by atoms with Gasteiger partial charge in [-0.25, -0.2) is 0 Å². The molecule has 0 aliphatic heterocycles. The van der Waals surface area contributed by atoms with Crippen LogP contribution in [0.25, 0.3) is 10.6 Å². The maximum atomic E-state index is 5.66. The molecule has 0 aliphatic carbocycles. The monoisotopic (exact) mass is 293 g/mol. The van der Waals surface area contributed by atoms with E-state index in [1.54, 1.807) is 11.3 Å². The standard InChI is InChI=1S/C15H23N3OS/c1-9(2)16-8-6-7-13-17-18-15(20-13)14-10(3)11(4)19-12(14)5/h9,16H,6-8H2,1-5H3. The molecular formula is C15H23N3OS. The maximum absolute atomic E-state index is 5.66. The summed E-state index contributed by atoms with van der Waals surface area (Å²) in [5.41, 5.74) is 2.29. The average Bonchev–Trinajstić information content (AvgIpc) is 2.91. The van der Waals surface area contributed by atoms with Crippen LogP contribution in [0.1, 0.15) is 42.4 Å². The number of nitrogens with zero attached hydrogens (tertiary/aromatic N) is 2. The number of nitrogens with one attached hydrogen (secondary N) is 1. The summed E-state index contributed by atoms with van der Waals surface area (Å²) in [6.07, 6.45) is 2.07. The van der Waals surface area contributed by atoms with Gasteiger partial charge in [0.05, 0.1) is 5.56 Å². The van der Waals surface area contributed by atoms with Crippen molar-refractivity contribution < 1.29 is 4.42 Å². The molecule has 0 saturated carbocycles. The smallest absolute Gasteiger partial charge is 0.151 e. The third kappa shape index (κ3) is 3.46. The Balaban J connectivity index is 2.02. The lowest BCUT2D eigenvalue weighted by molar-refractivity contribution is 0.503. The van der Waals surface area contributed by atoms with E-state index < -0.39 is 0 Å². The predicted octanol–water partition coefficient (Wildman–Crippen LogP) is 3.65. The Morgan fingerprint density at radius 1 is 1.15 bits per heavy atom. The fourth-order valence-corrected chi connectivity index (χ4v) is 3.23. The average molecular weight is 293 g/mol. The molecule has 0 bridgehead atoms. The van der Waals surface area contributed by atoms with Gasteiger partial charge in [0.25, 0.3) is 0 Å². The van der Waals surface area contributed by atoms with Crippen LogP contribution in [-0.2, 0) is 6.42 Å². The zero-order valence-electron chi connectivity index (χ0n) is 12.9. The second-order valence-electron chi connectivity index (χ2n) is 5.43. The Bertz CT molecular complexity index is 572. The molecule has 0 unspecified atom stereocenters. The van der Waals surface area contributed by atoms with Gasteiger partial charge in [-0.2, -0.15) is 0 Å². The molecule has 1 N–H and O–H groups in total. The van der Waals surface area contributed by atoms with E-state index >= 15 is 0 Å². The second-order valence-corrected chi connectivity index (χ2v) is 6.49. The molecule has 5 heteroatoms. The Morgan fingerprint density at radius 3 is 2.50 bits per heavy atom. The van der Waals surface area contributed by atoms with Crippen molar-refractivity contribution in [1.82, 2.24) is 15.5 Å². The van der Waals surface area contributed by atoms with E-state index in [2.05, 4.69) is 36.3 Å². The maximum Gasteiger partial charge on any atom is 0.151 e. The van der Waals surface area contributed by atoms with E-state index in [0.717, 1.165) is 46.5 Å². The molecule has 0 aliphatic rings. The van der Waals surface area contributed by atoms with E-state index in [4.69, 9.17) is 4.42 Å². The van der Waals surface area contributed by atoms with E-state index in [1.807, 2.05) is 13.8 Å². The van der Waals surface area contributed by atoms with Crippen molar-refractivity contribution in [2.75, 3.05) is 6.54 Å². The second kappa shape index (κ2) is 6.50. The predicted molar refractivity (Wildman–Crippen MR) is 83.3 cm³/mol. The molecule has 0 amide bonds. The van der Waals surface area contributed by atoms with Gasteiger partial charge in [-0.05, 0) is 33.7 Å². The van der Waals surface area contributed by atoms with E-state index in [-0.39, 0.29) is 0 Å². The van der Waals surface area contributed by atoms with Crippen LogP contribution in [0.3, 0.4) is 0 Å². The summed E-state index contributed by atoms with van der Waals surface area (Å²) in [7, 11) is 0. The van der Waals surface area contributed by atoms with Gasteiger partial charge in [-0.3, -0.25) is 0 Å². The minimum atomic E-state index is 0.541. The number of aryl methyl sites for hydroxylation is 3. The third-order valence-corrected chi connectivity index (χ3v) is 4.36. The zero-order valence-corrected chi connectivity index (χ0v) is 13.7. The summed E-state index contributed by atoms with van der Waals surface area (Å²) in [5, 5.41) is 14.1. The number of aromatic nitrogens is 2. The topological polar surface area (TPSA) is 51.0 Å². The van der Waals surface area contributed by atoms with Crippen LogP contribution in [0.15, 0.2) is 4.42 Å². The summed E-state index contributed by atoms with van der Waals surface area (Å²) >= 11 is 1.68. The lowest BCUT2D eigenvalue weighted by atomic mass is 10.1. The Labute approximate surface area is 124 Å². The zero-order chi connectivity index (χ0) is 14.7. The molecule has 4 nitrogen and oxygen atoms in total. The Morgan fingerprint density at radius 2 is 1.90 bits per heavy atom. The fraction of sp³-hybridized carbons (Fsp3) is 0.600. The number of rotatable bonds is 6. The third-order valence-electron chi connectivity index (χ3n) is 3.36. The molecular weight excluding hydrogens is 270 g/mol. The number of hydrogen-bond acceptors (Lipinski definition) is 5. The van der Waals surface area contributed by atoms with Gasteiger partial charge in [-0.15, -0.1) is 10.2 Å². The van der Waals surface area contributed by atoms with Gasteiger partial charge in [0.2, 0.25) is 0 Å². The molecule has 2 aromatic rings. The summed E-state index contributed by atoms with van der Waals surface area (Å²) in [5.74, 6) is 1.90. The van der Waals surface area contributed by atoms with Crippen LogP contribution in [-0.4, -0.2) is 22.8 Å². The van der Waals surface area contributed by atoms with Gasteiger partial charge in [0.15, 0.2) is 5.01 Å². The SMILES string of the molecule is Cc1oc(C)c(-c2nnc(CCCNC(C)C)s2)c1C.